The minimum atomic E-state index is -2.77. The molecule has 0 radical (unpaired) electrons. The van der Waals surface area contributed by atoms with E-state index in [2.05, 4.69) is 27.7 Å². The molecular formula is C28H60NO3P. The van der Waals surface area contributed by atoms with Crippen LogP contribution in [0.2, 0.25) is 0 Å². The molecule has 0 fully saturated rings. The molecular weight excluding hydrogens is 429 g/mol. The van der Waals surface area contributed by atoms with Crippen LogP contribution in [-0.4, -0.2) is 29.7 Å². The Kier molecular flexibility index (Phi) is 20.7. The Balaban J connectivity index is 4.44. The van der Waals surface area contributed by atoms with Crippen molar-refractivity contribution in [2.45, 2.75) is 156 Å². The van der Waals surface area contributed by atoms with Gasteiger partial charge in [0.25, 0.3) is 0 Å². The van der Waals surface area contributed by atoms with Gasteiger partial charge in [-0.2, -0.15) is 0 Å². The first-order valence-corrected chi connectivity index (χ1v) is 17.7. The number of rotatable bonds is 26. The molecule has 0 saturated heterocycles. The fourth-order valence-electron chi connectivity index (χ4n) is 5.40. The van der Waals surface area contributed by atoms with Crippen molar-refractivity contribution < 1.29 is 9.71 Å². The van der Waals surface area contributed by atoms with Crippen LogP contribution in [0.15, 0.2) is 0 Å². The third-order valence-electron chi connectivity index (χ3n) is 7.61. The van der Waals surface area contributed by atoms with Crippen molar-refractivity contribution in [3.63, 3.8) is 0 Å². The van der Waals surface area contributed by atoms with Gasteiger partial charge in [0.1, 0.15) is 0 Å². The summed E-state index contributed by atoms with van der Waals surface area (Å²) < 4.78 is 5.90. The standard InChI is InChI=1S/C28H60NO3P/c1-5-9-13-14-15-16-17-18-19-20-21-22-23-24-28-33(25-10-6-2,26-11-7-3,27-12-8-4)32-29(30)31/h5-28H2,1-4H3. The monoisotopic (exact) mass is 489 g/mol. The van der Waals surface area contributed by atoms with Crippen LogP contribution in [0.5, 0.6) is 0 Å². The molecule has 0 aliphatic heterocycles. The molecule has 0 aliphatic carbocycles. The molecule has 0 aliphatic rings. The van der Waals surface area contributed by atoms with Gasteiger partial charge in [0.2, 0.25) is 0 Å². The van der Waals surface area contributed by atoms with Crippen molar-refractivity contribution in [1.29, 1.82) is 0 Å². The van der Waals surface area contributed by atoms with E-state index in [0.717, 1.165) is 69.6 Å². The van der Waals surface area contributed by atoms with Crippen molar-refractivity contribution in [1.82, 2.24) is 0 Å². The number of hydrogen-bond donors (Lipinski definition) is 0. The first-order chi connectivity index (χ1) is 16.0. The summed E-state index contributed by atoms with van der Waals surface area (Å²) in [6.07, 6.45) is 29.2. The Morgan fingerprint density at radius 2 is 0.758 bits per heavy atom. The topological polar surface area (TPSA) is 52.4 Å². The number of unbranched alkanes of at least 4 members (excludes halogenated alkanes) is 16. The van der Waals surface area contributed by atoms with Crippen molar-refractivity contribution >= 4 is 6.83 Å². The van der Waals surface area contributed by atoms with Crippen LogP contribution >= 0.6 is 6.83 Å². The van der Waals surface area contributed by atoms with Gasteiger partial charge in [0.05, 0.1) is 0 Å². The third-order valence-corrected chi connectivity index (χ3v) is 14.0. The fraction of sp³-hybridized carbons (Fsp3) is 1.00. The van der Waals surface area contributed by atoms with Gasteiger partial charge in [0, 0.05) is 0 Å². The minimum absolute atomic E-state index is 0.414. The molecule has 0 aromatic carbocycles. The molecule has 0 unspecified atom stereocenters. The van der Waals surface area contributed by atoms with Crippen LogP contribution in [-0.2, 0) is 4.62 Å². The van der Waals surface area contributed by atoms with Crippen molar-refractivity contribution in [2.24, 2.45) is 0 Å². The fourth-order valence-corrected chi connectivity index (χ4v) is 11.8. The average Bonchev–Trinajstić information content (AvgIpc) is 2.80. The van der Waals surface area contributed by atoms with Gasteiger partial charge in [0.15, 0.2) is 0 Å². The van der Waals surface area contributed by atoms with Crippen LogP contribution in [0.1, 0.15) is 156 Å². The van der Waals surface area contributed by atoms with Crippen LogP contribution < -0.4 is 0 Å². The summed E-state index contributed by atoms with van der Waals surface area (Å²) in [5, 5.41) is 11.3. The molecule has 0 rings (SSSR count). The van der Waals surface area contributed by atoms with Gasteiger partial charge in [-0.15, -0.1) is 0 Å². The van der Waals surface area contributed by atoms with Crippen molar-refractivity contribution in [3.05, 3.63) is 10.1 Å². The first kappa shape index (κ1) is 32.6. The molecule has 0 spiro atoms. The van der Waals surface area contributed by atoms with Crippen LogP contribution in [0, 0.1) is 10.1 Å². The summed E-state index contributed by atoms with van der Waals surface area (Å²) in [6, 6.07) is 0. The maximum absolute atomic E-state index is 11.7. The summed E-state index contributed by atoms with van der Waals surface area (Å²) in [5.41, 5.74) is 0. The van der Waals surface area contributed by atoms with Crippen LogP contribution in [0.4, 0.5) is 0 Å². The van der Waals surface area contributed by atoms with E-state index in [1.165, 1.54) is 83.5 Å². The Bertz CT molecular complexity index is 434. The summed E-state index contributed by atoms with van der Waals surface area (Å²) in [5.74, 6) is 0. The van der Waals surface area contributed by atoms with Gasteiger partial charge in [-0.1, -0.05) is 26.2 Å². The second-order valence-electron chi connectivity index (χ2n) is 10.7. The van der Waals surface area contributed by atoms with E-state index in [1.807, 2.05) is 0 Å². The number of nitrogens with zero attached hydrogens (tertiary/aromatic N) is 1. The second-order valence-corrected chi connectivity index (χ2v) is 16.4. The van der Waals surface area contributed by atoms with Gasteiger partial charge >= 0.3 is 181 Å². The number of hydrogen-bond acceptors (Lipinski definition) is 3. The molecule has 0 N–H and O–H groups in total. The predicted octanol–water partition coefficient (Wildman–Crippen LogP) is 10.5. The van der Waals surface area contributed by atoms with Gasteiger partial charge in [-0.25, -0.2) is 0 Å². The Hall–Kier alpha value is -0.370. The predicted molar refractivity (Wildman–Crippen MR) is 150 cm³/mol. The van der Waals surface area contributed by atoms with Crippen LogP contribution in [0.3, 0.4) is 0 Å². The quantitative estimate of drug-likeness (QED) is 0.0525. The van der Waals surface area contributed by atoms with E-state index in [-0.39, 0.29) is 0 Å². The Labute approximate surface area is 207 Å². The summed E-state index contributed by atoms with van der Waals surface area (Å²) in [7, 11) is 0. The van der Waals surface area contributed by atoms with E-state index in [1.54, 1.807) is 0 Å². The average molecular weight is 490 g/mol. The van der Waals surface area contributed by atoms with Gasteiger partial charge in [-0.05, 0) is 0 Å². The molecule has 4 nitrogen and oxygen atoms in total. The van der Waals surface area contributed by atoms with E-state index < -0.39 is 11.9 Å². The molecule has 0 aromatic heterocycles. The molecule has 0 amide bonds. The van der Waals surface area contributed by atoms with Gasteiger partial charge in [-0.3, -0.25) is 0 Å². The van der Waals surface area contributed by atoms with Crippen molar-refractivity contribution in [3.8, 4) is 0 Å². The normalized spacial score (nSPS) is 13.0. The zero-order valence-electron chi connectivity index (χ0n) is 23.1. The van der Waals surface area contributed by atoms with E-state index in [9.17, 15) is 10.1 Å². The Morgan fingerprint density at radius 3 is 1.06 bits per heavy atom. The Morgan fingerprint density at radius 1 is 0.485 bits per heavy atom. The van der Waals surface area contributed by atoms with Crippen LogP contribution in [0.25, 0.3) is 0 Å². The third kappa shape index (κ3) is 16.0. The van der Waals surface area contributed by atoms with Gasteiger partial charge < -0.3 is 0 Å². The molecule has 0 aromatic rings. The molecule has 5 heteroatoms. The summed E-state index contributed by atoms with van der Waals surface area (Å²) >= 11 is 0. The summed E-state index contributed by atoms with van der Waals surface area (Å²) in [6.45, 7) is 6.11. The SMILES string of the molecule is CCCCCCCCCCCCCCCCP(CCCC)(CCCC)(CCCC)O[N+](=O)[O-]. The zero-order valence-corrected chi connectivity index (χ0v) is 24.0. The molecule has 0 saturated carbocycles. The summed E-state index contributed by atoms with van der Waals surface area (Å²) in [4.78, 5) is 11.7. The zero-order chi connectivity index (χ0) is 24.7. The molecule has 0 atom stereocenters. The maximum atomic E-state index is 11.7. The van der Waals surface area contributed by atoms with E-state index >= 15 is 0 Å². The van der Waals surface area contributed by atoms with E-state index in [4.69, 9.17) is 4.62 Å². The second kappa shape index (κ2) is 21.0. The van der Waals surface area contributed by atoms with E-state index in [0.29, 0.717) is 0 Å². The molecule has 0 heterocycles. The van der Waals surface area contributed by atoms with Crippen molar-refractivity contribution in [2.75, 3.05) is 24.6 Å². The molecule has 200 valence electrons. The molecule has 33 heavy (non-hydrogen) atoms. The first-order valence-electron chi connectivity index (χ1n) is 14.8. The molecule has 0 bridgehead atoms.